The molecule has 0 aliphatic heterocycles. The highest BCUT2D eigenvalue weighted by atomic mass is 32.2. The minimum atomic E-state index is -0.173. The van der Waals surface area contributed by atoms with Gasteiger partial charge in [-0.05, 0) is 99.3 Å². The van der Waals surface area contributed by atoms with E-state index in [4.69, 9.17) is 5.73 Å². The van der Waals surface area contributed by atoms with Gasteiger partial charge in [-0.15, -0.1) is 16.9 Å². The van der Waals surface area contributed by atoms with Crippen molar-refractivity contribution in [2.75, 3.05) is 19.3 Å². The van der Waals surface area contributed by atoms with Crippen LogP contribution in [0, 0.1) is 11.8 Å². The normalized spacial score (nSPS) is 21.6. The lowest BCUT2D eigenvalue weighted by Gasteiger charge is -2.30. The van der Waals surface area contributed by atoms with E-state index < -0.39 is 0 Å². The molecule has 1 aliphatic rings. The number of aromatic nitrogens is 4. The summed E-state index contributed by atoms with van der Waals surface area (Å²) in [7, 11) is 0. The fourth-order valence-corrected chi connectivity index (χ4v) is 4.50. The molecule has 0 bridgehead atoms. The van der Waals surface area contributed by atoms with E-state index in [9.17, 15) is 0 Å². The van der Waals surface area contributed by atoms with Gasteiger partial charge in [0.05, 0.1) is 11.6 Å². The van der Waals surface area contributed by atoms with Crippen LogP contribution >= 0.6 is 11.8 Å². The minimum absolute atomic E-state index is 0.0246. The summed E-state index contributed by atoms with van der Waals surface area (Å²) in [5, 5.41) is 16.5. The third kappa shape index (κ3) is 5.13. The first-order valence-electron chi connectivity index (χ1n) is 10.3. The number of tetrazole rings is 1. The molecule has 3 atom stereocenters. The number of rotatable bonds is 7. The van der Waals surface area contributed by atoms with E-state index in [0.717, 1.165) is 18.9 Å². The van der Waals surface area contributed by atoms with E-state index in [1.165, 1.54) is 36.1 Å². The molecule has 3 N–H and O–H groups in total. The maximum absolute atomic E-state index is 5.93. The summed E-state index contributed by atoms with van der Waals surface area (Å²) in [4.78, 5) is 1.26. The van der Waals surface area contributed by atoms with Crippen LogP contribution in [0.5, 0.6) is 0 Å². The molecule has 0 spiro atoms. The number of thioether (sulfide) groups is 1. The third-order valence-electron chi connectivity index (χ3n) is 5.67. The zero-order valence-corrected chi connectivity index (χ0v) is 18.4. The van der Waals surface area contributed by atoms with E-state index in [-0.39, 0.29) is 11.6 Å². The SMILES string of the molecule is CSc1ccc(C(NCC2CCCC(CN)C2)c2nnnn2C(C)(C)C)cc1. The van der Waals surface area contributed by atoms with Crippen molar-refractivity contribution < 1.29 is 0 Å². The van der Waals surface area contributed by atoms with Crippen molar-refractivity contribution in [2.45, 2.75) is 62.9 Å². The average molecular weight is 403 g/mol. The van der Waals surface area contributed by atoms with Crippen molar-refractivity contribution in [2.24, 2.45) is 17.6 Å². The molecule has 0 radical (unpaired) electrons. The van der Waals surface area contributed by atoms with Gasteiger partial charge in [-0.2, -0.15) is 0 Å². The van der Waals surface area contributed by atoms with Crippen LogP contribution in [-0.2, 0) is 5.54 Å². The van der Waals surface area contributed by atoms with Crippen molar-refractivity contribution in [3.63, 3.8) is 0 Å². The smallest absolute Gasteiger partial charge is 0.173 e. The van der Waals surface area contributed by atoms with Gasteiger partial charge < -0.3 is 11.1 Å². The molecular weight excluding hydrogens is 368 g/mol. The quantitative estimate of drug-likeness (QED) is 0.689. The first kappa shape index (κ1) is 21.3. The van der Waals surface area contributed by atoms with Crippen LogP contribution in [0.3, 0.4) is 0 Å². The summed E-state index contributed by atoms with van der Waals surface area (Å²) in [6, 6.07) is 8.70. The Kier molecular flexibility index (Phi) is 7.12. The van der Waals surface area contributed by atoms with Gasteiger partial charge in [0, 0.05) is 4.90 Å². The number of benzene rings is 1. The molecule has 1 aromatic heterocycles. The van der Waals surface area contributed by atoms with Crippen LogP contribution in [0.15, 0.2) is 29.2 Å². The summed E-state index contributed by atoms with van der Waals surface area (Å²) in [5.74, 6) is 2.20. The monoisotopic (exact) mass is 402 g/mol. The van der Waals surface area contributed by atoms with E-state index >= 15 is 0 Å². The van der Waals surface area contributed by atoms with Gasteiger partial charge >= 0.3 is 0 Å². The topological polar surface area (TPSA) is 81.7 Å². The second-order valence-corrected chi connectivity index (χ2v) is 9.75. The Morgan fingerprint density at radius 2 is 1.93 bits per heavy atom. The van der Waals surface area contributed by atoms with E-state index in [1.807, 2.05) is 4.68 Å². The molecular formula is C21H34N6S. The Balaban J connectivity index is 1.83. The van der Waals surface area contributed by atoms with Crippen LogP contribution in [0.4, 0.5) is 0 Å². The zero-order valence-electron chi connectivity index (χ0n) is 17.6. The summed E-state index contributed by atoms with van der Waals surface area (Å²) >= 11 is 1.76. The minimum Gasteiger partial charge on any atom is -0.330 e. The second kappa shape index (κ2) is 9.37. The number of hydrogen-bond acceptors (Lipinski definition) is 6. The van der Waals surface area contributed by atoms with Crippen molar-refractivity contribution in [1.82, 2.24) is 25.5 Å². The largest absolute Gasteiger partial charge is 0.330 e. The molecule has 0 amide bonds. The molecule has 1 fully saturated rings. The number of hydrogen-bond donors (Lipinski definition) is 2. The average Bonchev–Trinajstić information content (AvgIpc) is 3.19. The highest BCUT2D eigenvalue weighted by Crippen LogP contribution is 2.30. The fourth-order valence-electron chi connectivity index (χ4n) is 4.09. The Morgan fingerprint density at radius 3 is 2.57 bits per heavy atom. The van der Waals surface area contributed by atoms with Gasteiger partial charge in [0.15, 0.2) is 5.82 Å². The van der Waals surface area contributed by atoms with Gasteiger partial charge in [-0.3, -0.25) is 0 Å². The third-order valence-corrected chi connectivity index (χ3v) is 6.42. The lowest BCUT2D eigenvalue weighted by molar-refractivity contribution is 0.256. The van der Waals surface area contributed by atoms with Crippen molar-refractivity contribution in [3.05, 3.63) is 35.7 Å². The molecule has 2 aromatic rings. The Labute approximate surface area is 173 Å². The molecule has 3 rings (SSSR count). The van der Waals surface area contributed by atoms with Crippen LogP contribution in [-0.4, -0.2) is 39.6 Å². The second-order valence-electron chi connectivity index (χ2n) is 8.87. The molecule has 0 saturated heterocycles. The molecule has 7 heteroatoms. The first-order chi connectivity index (χ1) is 13.4. The zero-order chi connectivity index (χ0) is 20.1. The van der Waals surface area contributed by atoms with Gasteiger partial charge in [0.1, 0.15) is 0 Å². The van der Waals surface area contributed by atoms with Gasteiger partial charge in [0.25, 0.3) is 0 Å². The van der Waals surface area contributed by atoms with Crippen molar-refractivity contribution >= 4 is 11.8 Å². The fraction of sp³-hybridized carbons (Fsp3) is 0.667. The lowest BCUT2D eigenvalue weighted by atomic mass is 9.81. The predicted molar refractivity (Wildman–Crippen MR) is 115 cm³/mol. The predicted octanol–water partition coefficient (Wildman–Crippen LogP) is 3.59. The molecule has 28 heavy (non-hydrogen) atoms. The van der Waals surface area contributed by atoms with E-state index in [0.29, 0.717) is 11.8 Å². The highest BCUT2D eigenvalue weighted by molar-refractivity contribution is 7.98. The molecule has 1 aromatic carbocycles. The van der Waals surface area contributed by atoms with Crippen LogP contribution in [0.1, 0.15) is 63.9 Å². The summed E-state index contributed by atoms with van der Waals surface area (Å²) in [6.07, 6.45) is 7.13. The highest BCUT2D eigenvalue weighted by Gasteiger charge is 2.28. The van der Waals surface area contributed by atoms with Gasteiger partial charge in [0.2, 0.25) is 0 Å². The van der Waals surface area contributed by atoms with Crippen molar-refractivity contribution in [1.29, 1.82) is 0 Å². The van der Waals surface area contributed by atoms with Crippen molar-refractivity contribution in [3.8, 4) is 0 Å². The standard InChI is InChI=1S/C21H34N6S/c1-21(2,3)27-20(24-25-26-27)19(17-8-10-18(28-4)11-9-17)23-14-16-7-5-6-15(12-16)13-22/h8-11,15-16,19,23H,5-7,12-14,22H2,1-4H3. The van der Waals surface area contributed by atoms with Crippen LogP contribution < -0.4 is 11.1 Å². The van der Waals surface area contributed by atoms with Crippen LogP contribution in [0.2, 0.25) is 0 Å². The first-order valence-corrected chi connectivity index (χ1v) is 11.5. The summed E-state index contributed by atoms with van der Waals surface area (Å²) in [5.41, 5.74) is 6.96. The molecule has 1 aliphatic carbocycles. The Hall–Kier alpha value is -1.44. The summed E-state index contributed by atoms with van der Waals surface area (Å²) < 4.78 is 1.94. The molecule has 6 nitrogen and oxygen atoms in total. The molecule has 1 heterocycles. The van der Waals surface area contributed by atoms with Gasteiger partial charge in [-0.25, -0.2) is 4.68 Å². The lowest BCUT2D eigenvalue weighted by Crippen LogP contribution is -2.35. The Bertz CT molecular complexity index is 736. The van der Waals surface area contributed by atoms with Crippen LogP contribution in [0.25, 0.3) is 0 Å². The summed E-state index contributed by atoms with van der Waals surface area (Å²) in [6.45, 7) is 8.16. The van der Waals surface area contributed by atoms with Gasteiger partial charge in [-0.1, -0.05) is 18.6 Å². The van der Waals surface area contributed by atoms with E-state index in [1.54, 1.807) is 11.8 Å². The molecule has 1 saturated carbocycles. The molecule has 154 valence electrons. The maximum Gasteiger partial charge on any atom is 0.173 e. The number of nitrogens with one attached hydrogen (secondary N) is 1. The van der Waals surface area contributed by atoms with E-state index in [2.05, 4.69) is 72.1 Å². The molecule has 3 unspecified atom stereocenters. The Morgan fingerprint density at radius 1 is 1.21 bits per heavy atom. The number of nitrogens with two attached hydrogens (primary N) is 1. The number of nitrogens with zero attached hydrogens (tertiary/aromatic N) is 4. The maximum atomic E-state index is 5.93.